The lowest BCUT2D eigenvalue weighted by Crippen LogP contribution is -2.02. The Hall–Kier alpha value is -6.60. The van der Waals surface area contributed by atoms with Crippen LogP contribution in [-0.4, -0.2) is 73.6 Å². The molecule has 0 bridgehead atoms. The summed E-state index contributed by atoms with van der Waals surface area (Å²) in [6.45, 7) is 2.64. The molecule has 0 radical (unpaired) electrons. The number of azo groups is 3. The summed E-state index contributed by atoms with van der Waals surface area (Å²) in [7, 11) is -21.5. The van der Waals surface area contributed by atoms with Crippen molar-refractivity contribution >= 4 is 96.7 Å². The fraction of sp³-hybridized carbons (Fsp3) is 0.263. The van der Waals surface area contributed by atoms with Crippen LogP contribution in [0.15, 0.2) is 117 Å². The molecule has 0 amide bonds. The number of nitrogen functional groups attached to an aromatic ring is 1. The molecule has 5 aromatic rings. The molecule has 0 spiro atoms. The first-order valence-electron chi connectivity index (χ1n) is 19.5. The second-order valence-electron chi connectivity index (χ2n) is 14.3. The van der Waals surface area contributed by atoms with E-state index in [-0.39, 0.29) is 17.1 Å². The number of anilines is 1. The molecule has 29 heteroatoms. The second kappa shape index (κ2) is 20.9. The predicted octanol–water partition coefficient (Wildman–Crippen LogP) is 9.49. The van der Waals surface area contributed by atoms with Crippen LogP contribution in [-0.2, 0) is 40.5 Å². The number of nitrogens with two attached hydrogens (primary N) is 1. The highest BCUT2D eigenvalue weighted by molar-refractivity contribution is 7.86. The summed E-state index contributed by atoms with van der Waals surface area (Å²) >= 11 is 0. The number of nitro benzene ring substituents is 1. The standard InChI is InChI=1S/C38H40N8O17S4/c1-2-3-4-5-6-7-8-9-16-63-25-12-15-27(26(39)21-25)41-40-23-10-13-28(30(19-23)64(51,52)53)42-44-35-32(66(57,58)59)17-22-18-33(67(60,61)62)36(38(48)34(22)37(35)47)45-43-29-14-11-24(46(49)50)20-31(29)65(54,55)56/h10-15,17-21,47-48H,2-9,16,39H2,1H3,(H,51,52,53)(H,54,55,56)(H,57,58,59)(H,60,61,62). The van der Waals surface area contributed by atoms with Crippen molar-refractivity contribution in [2.24, 2.45) is 30.7 Å². The quantitative estimate of drug-likeness (QED) is 0.00897. The Labute approximate surface area is 381 Å². The number of nitro groups is 1. The third-order valence-electron chi connectivity index (χ3n) is 9.51. The number of nitrogens with zero attached hydrogens (tertiary/aromatic N) is 7. The molecule has 0 fully saturated rings. The van der Waals surface area contributed by atoms with Crippen molar-refractivity contribution in [1.82, 2.24) is 0 Å². The number of phenols is 2. The first-order chi connectivity index (χ1) is 31.3. The van der Waals surface area contributed by atoms with Gasteiger partial charge in [0.2, 0.25) is 0 Å². The second-order valence-corrected chi connectivity index (χ2v) is 19.9. The Kier molecular flexibility index (Phi) is 16.0. The van der Waals surface area contributed by atoms with E-state index < -0.39 is 116 Å². The fourth-order valence-corrected chi connectivity index (χ4v) is 8.87. The maximum absolute atomic E-state index is 12.5. The summed E-state index contributed by atoms with van der Waals surface area (Å²) in [5, 5.41) is 54.1. The predicted molar refractivity (Wildman–Crippen MR) is 238 cm³/mol. The summed E-state index contributed by atoms with van der Waals surface area (Å²) in [5.74, 6) is -2.37. The molecule has 358 valence electrons. The zero-order valence-corrected chi connectivity index (χ0v) is 38.0. The molecule has 25 nitrogen and oxygen atoms in total. The number of ether oxygens (including phenoxy) is 1. The van der Waals surface area contributed by atoms with Gasteiger partial charge in [-0.05, 0) is 60.3 Å². The summed E-state index contributed by atoms with van der Waals surface area (Å²) in [6, 6.07) is 10.1. The number of aromatic hydroxyl groups is 2. The molecule has 5 rings (SSSR count). The van der Waals surface area contributed by atoms with Crippen molar-refractivity contribution in [1.29, 1.82) is 0 Å². The van der Waals surface area contributed by atoms with E-state index in [1.54, 1.807) is 6.07 Å². The fourth-order valence-electron chi connectivity index (χ4n) is 6.27. The van der Waals surface area contributed by atoms with Crippen molar-refractivity contribution in [3.8, 4) is 17.2 Å². The van der Waals surface area contributed by atoms with Gasteiger partial charge in [0.05, 0.1) is 28.3 Å². The highest BCUT2D eigenvalue weighted by atomic mass is 32.2. The largest absolute Gasteiger partial charge is 0.505 e. The van der Waals surface area contributed by atoms with E-state index in [1.807, 2.05) is 0 Å². The zero-order chi connectivity index (χ0) is 49.5. The lowest BCUT2D eigenvalue weighted by Gasteiger charge is -2.13. The van der Waals surface area contributed by atoms with Crippen LogP contribution in [0, 0.1) is 10.1 Å². The van der Waals surface area contributed by atoms with Gasteiger partial charge in [0, 0.05) is 18.2 Å². The normalized spacial score (nSPS) is 12.8. The summed E-state index contributed by atoms with van der Waals surface area (Å²) < 4.78 is 144. The number of benzene rings is 5. The van der Waals surface area contributed by atoms with E-state index in [0.717, 1.165) is 37.5 Å². The van der Waals surface area contributed by atoms with Gasteiger partial charge in [-0.3, -0.25) is 28.3 Å². The Bertz CT molecular complexity index is 3290. The highest BCUT2D eigenvalue weighted by Crippen LogP contribution is 2.50. The molecule has 0 aliphatic rings. The number of non-ortho nitro benzene ring substituents is 1. The zero-order valence-electron chi connectivity index (χ0n) is 34.7. The van der Waals surface area contributed by atoms with Crippen LogP contribution in [0.2, 0.25) is 0 Å². The maximum atomic E-state index is 12.5. The average molecular weight is 1010 g/mol. The van der Waals surface area contributed by atoms with Crippen molar-refractivity contribution < 1.29 is 71.8 Å². The molecule has 0 atom stereocenters. The molecule has 0 aromatic heterocycles. The number of hydrogen-bond acceptors (Lipinski definition) is 20. The molecule has 0 unspecified atom stereocenters. The van der Waals surface area contributed by atoms with E-state index in [1.165, 1.54) is 44.2 Å². The van der Waals surface area contributed by atoms with Gasteiger partial charge in [0.1, 0.15) is 53.8 Å². The van der Waals surface area contributed by atoms with Crippen LogP contribution in [0.5, 0.6) is 17.2 Å². The number of unbranched alkanes of at least 4 members (excludes halogenated alkanes) is 7. The van der Waals surface area contributed by atoms with Crippen LogP contribution in [0.3, 0.4) is 0 Å². The van der Waals surface area contributed by atoms with Crippen LogP contribution in [0.25, 0.3) is 10.8 Å². The minimum Gasteiger partial charge on any atom is -0.505 e. The molecule has 0 aliphatic carbocycles. The molecule has 0 saturated carbocycles. The number of fused-ring (bicyclic) bond motifs is 1. The van der Waals surface area contributed by atoms with Gasteiger partial charge in [-0.25, -0.2) is 0 Å². The molecule has 0 aliphatic heterocycles. The highest BCUT2D eigenvalue weighted by Gasteiger charge is 2.30. The van der Waals surface area contributed by atoms with E-state index in [0.29, 0.717) is 42.7 Å². The van der Waals surface area contributed by atoms with Crippen molar-refractivity contribution in [3.05, 3.63) is 76.8 Å². The maximum Gasteiger partial charge on any atom is 0.297 e. The lowest BCUT2D eigenvalue weighted by molar-refractivity contribution is -0.385. The molecule has 5 aromatic carbocycles. The Morgan fingerprint density at radius 2 is 1.03 bits per heavy atom. The summed E-state index contributed by atoms with van der Waals surface area (Å²) in [6.07, 6.45) is 9.01. The van der Waals surface area contributed by atoms with Gasteiger partial charge in [-0.1, -0.05) is 51.9 Å². The van der Waals surface area contributed by atoms with Crippen molar-refractivity contribution in [2.75, 3.05) is 12.3 Å². The van der Waals surface area contributed by atoms with Crippen LogP contribution in [0.1, 0.15) is 58.3 Å². The molecule has 67 heavy (non-hydrogen) atoms. The molecular weight excluding hydrogens is 969 g/mol. The molecule has 8 N–H and O–H groups in total. The van der Waals surface area contributed by atoms with Crippen LogP contribution >= 0.6 is 0 Å². The lowest BCUT2D eigenvalue weighted by atomic mass is 10.1. The summed E-state index contributed by atoms with van der Waals surface area (Å²) in [4.78, 5) is 5.26. The third-order valence-corrected chi connectivity index (χ3v) is 13.0. The number of hydrogen-bond donors (Lipinski definition) is 7. The van der Waals surface area contributed by atoms with Gasteiger partial charge in [-0.15, -0.1) is 25.6 Å². The van der Waals surface area contributed by atoms with Gasteiger partial charge in [0.25, 0.3) is 46.2 Å². The number of phenolic OH excluding ortho intramolecular Hbond substituents is 2. The van der Waals surface area contributed by atoms with Gasteiger partial charge >= 0.3 is 0 Å². The van der Waals surface area contributed by atoms with E-state index >= 15 is 0 Å². The van der Waals surface area contributed by atoms with Crippen molar-refractivity contribution in [2.45, 2.75) is 77.9 Å². The third kappa shape index (κ3) is 13.1. The minimum atomic E-state index is -5.49. The minimum absolute atomic E-state index is 0.159. The van der Waals surface area contributed by atoms with E-state index in [2.05, 4.69) is 37.6 Å². The van der Waals surface area contributed by atoms with E-state index in [9.17, 15) is 72.2 Å². The van der Waals surface area contributed by atoms with Gasteiger partial charge in [-0.2, -0.15) is 38.8 Å². The topological polar surface area (TPSA) is 410 Å². The van der Waals surface area contributed by atoms with Crippen LogP contribution < -0.4 is 10.5 Å². The monoisotopic (exact) mass is 1010 g/mol. The van der Waals surface area contributed by atoms with Gasteiger partial charge < -0.3 is 20.7 Å². The SMILES string of the molecule is CCCCCCCCCCOc1ccc(N=Nc2ccc(N=Nc3c(S(=O)(=O)O)cc4cc(S(=O)(=O)O)c(N=Nc5ccc([N+](=O)[O-])cc5S(=O)(=O)O)c(O)c4c3O)c(S(=O)(=O)O)c2)c(N)c1. The van der Waals surface area contributed by atoms with Crippen molar-refractivity contribution in [3.63, 3.8) is 0 Å². The Morgan fingerprint density at radius 3 is 1.52 bits per heavy atom. The van der Waals surface area contributed by atoms with Gasteiger partial charge in [0.15, 0.2) is 11.5 Å². The van der Waals surface area contributed by atoms with E-state index in [4.69, 9.17) is 10.5 Å². The first-order valence-corrected chi connectivity index (χ1v) is 25.2. The average Bonchev–Trinajstić information content (AvgIpc) is 3.23. The molecule has 0 saturated heterocycles. The Morgan fingerprint density at radius 1 is 0.567 bits per heavy atom. The molecule has 0 heterocycles. The van der Waals surface area contributed by atoms with Crippen LogP contribution in [0.4, 0.5) is 45.5 Å². The number of rotatable bonds is 21. The molecular formula is C38H40N8O17S4. The smallest absolute Gasteiger partial charge is 0.297 e. The summed E-state index contributed by atoms with van der Waals surface area (Å²) in [5.41, 5.74) is 1.32. The Balaban J connectivity index is 1.50. The first kappa shape index (κ1) is 51.4.